The first-order valence-electron chi connectivity index (χ1n) is 7.00. The van der Waals surface area contributed by atoms with Gasteiger partial charge in [-0.2, -0.15) is 5.10 Å². The summed E-state index contributed by atoms with van der Waals surface area (Å²) in [5.74, 6) is 0.347. The zero-order chi connectivity index (χ0) is 15.2. The summed E-state index contributed by atoms with van der Waals surface area (Å²) in [6.07, 6.45) is 2.49. The van der Waals surface area contributed by atoms with Crippen LogP contribution in [-0.4, -0.2) is 21.1 Å². The molecule has 2 N–H and O–H groups in total. The smallest absolute Gasteiger partial charge is 0.221 e. The lowest BCUT2D eigenvalue weighted by molar-refractivity contribution is -0.122. The zero-order valence-corrected chi connectivity index (χ0v) is 12.1. The van der Waals surface area contributed by atoms with Crippen molar-refractivity contribution in [3.8, 4) is 0 Å². The Morgan fingerprint density at radius 3 is 2.67 bits per heavy atom. The maximum atomic E-state index is 12.9. The van der Waals surface area contributed by atoms with Gasteiger partial charge in [0.2, 0.25) is 5.91 Å². The van der Waals surface area contributed by atoms with E-state index in [9.17, 15) is 9.18 Å². The lowest BCUT2D eigenvalue weighted by Crippen LogP contribution is -2.29. The first kappa shape index (κ1) is 15.2. The Bertz CT molecular complexity index is 568. The average molecular weight is 290 g/mol. The standard InChI is InChI=1S/C15H19FN4O/c1-3-13(15-17-9-18-20-15)19-14(21)8-10(2)11-4-6-12(16)7-5-11/h4-7,9-10,13H,3,8H2,1-2H3,(H,19,21)(H,17,18,20)/t10-,13+/m0/s1. The van der Waals surface area contributed by atoms with Crippen LogP contribution in [0.2, 0.25) is 0 Å². The van der Waals surface area contributed by atoms with E-state index in [1.54, 1.807) is 12.1 Å². The summed E-state index contributed by atoms with van der Waals surface area (Å²) >= 11 is 0. The summed E-state index contributed by atoms with van der Waals surface area (Å²) in [4.78, 5) is 16.2. The molecule has 6 heteroatoms. The van der Waals surface area contributed by atoms with E-state index < -0.39 is 0 Å². The fraction of sp³-hybridized carbons (Fsp3) is 0.400. The Labute approximate surface area is 123 Å². The monoisotopic (exact) mass is 290 g/mol. The van der Waals surface area contributed by atoms with Crippen molar-refractivity contribution in [1.82, 2.24) is 20.5 Å². The van der Waals surface area contributed by atoms with Crippen molar-refractivity contribution in [2.75, 3.05) is 0 Å². The lowest BCUT2D eigenvalue weighted by Gasteiger charge is -2.17. The highest BCUT2D eigenvalue weighted by molar-refractivity contribution is 5.77. The van der Waals surface area contributed by atoms with Crippen molar-refractivity contribution in [1.29, 1.82) is 0 Å². The number of hydrogen-bond donors (Lipinski definition) is 2. The van der Waals surface area contributed by atoms with Crippen LogP contribution in [0.25, 0.3) is 0 Å². The molecule has 1 amide bonds. The molecule has 2 atom stereocenters. The van der Waals surface area contributed by atoms with Crippen LogP contribution < -0.4 is 5.32 Å². The largest absolute Gasteiger partial charge is 0.346 e. The second-order valence-corrected chi connectivity index (χ2v) is 5.06. The SMILES string of the molecule is CC[C@@H](NC(=O)C[C@H](C)c1ccc(F)cc1)c1ncn[nH]1. The van der Waals surface area contributed by atoms with Crippen molar-refractivity contribution in [2.24, 2.45) is 0 Å². The van der Waals surface area contributed by atoms with Crippen LogP contribution in [0.15, 0.2) is 30.6 Å². The Morgan fingerprint density at radius 2 is 2.10 bits per heavy atom. The normalized spacial score (nSPS) is 13.7. The quantitative estimate of drug-likeness (QED) is 0.859. The topological polar surface area (TPSA) is 70.7 Å². The molecule has 5 nitrogen and oxygen atoms in total. The molecule has 1 aromatic carbocycles. The lowest BCUT2D eigenvalue weighted by atomic mass is 9.97. The Hall–Kier alpha value is -2.24. The maximum Gasteiger partial charge on any atom is 0.221 e. The van der Waals surface area contributed by atoms with Gasteiger partial charge < -0.3 is 5.32 Å². The molecule has 0 bridgehead atoms. The van der Waals surface area contributed by atoms with Crippen molar-refractivity contribution >= 4 is 5.91 Å². The molecule has 1 aromatic heterocycles. The second-order valence-electron chi connectivity index (χ2n) is 5.06. The molecule has 1 heterocycles. The minimum atomic E-state index is -0.272. The number of rotatable bonds is 6. The number of halogens is 1. The third-order valence-corrected chi connectivity index (χ3v) is 3.44. The van der Waals surface area contributed by atoms with Crippen LogP contribution in [0.1, 0.15) is 50.0 Å². The van der Waals surface area contributed by atoms with Gasteiger partial charge >= 0.3 is 0 Å². The molecule has 2 rings (SSSR count). The molecule has 0 radical (unpaired) electrons. The van der Waals surface area contributed by atoms with Crippen LogP contribution >= 0.6 is 0 Å². The zero-order valence-electron chi connectivity index (χ0n) is 12.1. The third kappa shape index (κ3) is 4.11. The first-order valence-corrected chi connectivity index (χ1v) is 7.00. The van der Waals surface area contributed by atoms with E-state index in [1.165, 1.54) is 18.5 Å². The summed E-state index contributed by atoms with van der Waals surface area (Å²) < 4.78 is 12.9. The van der Waals surface area contributed by atoms with Crippen LogP contribution in [0, 0.1) is 5.82 Å². The fourth-order valence-electron chi connectivity index (χ4n) is 2.19. The van der Waals surface area contributed by atoms with Gasteiger partial charge in [-0.05, 0) is 30.0 Å². The van der Waals surface area contributed by atoms with E-state index >= 15 is 0 Å². The first-order chi connectivity index (χ1) is 10.1. The molecule has 21 heavy (non-hydrogen) atoms. The number of carbonyl (C=O) groups is 1. The van der Waals surface area contributed by atoms with E-state index in [2.05, 4.69) is 20.5 Å². The van der Waals surface area contributed by atoms with Crippen LogP contribution in [-0.2, 0) is 4.79 Å². The molecule has 0 saturated heterocycles. The Balaban J connectivity index is 1.93. The predicted octanol–water partition coefficient (Wildman–Crippen LogP) is 2.70. The number of amides is 1. The van der Waals surface area contributed by atoms with Gasteiger partial charge in [-0.1, -0.05) is 26.0 Å². The Kier molecular flexibility index (Phi) is 5.03. The van der Waals surface area contributed by atoms with E-state index in [1.807, 2.05) is 13.8 Å². The van der Waals surface area contributed by atoms with Gasteiger partial charge in [0.05, 0.1) is 6.04 Å². The molecule has 0 aliphatic heterocycles. The number of aromatic nitrogens is 3. The highest BCUT2D eigenvalue weighted by Crippen LogP contribution is 2.20. The minimum Gasteiger partial charge on any atom is -0.346 e. The summed E-state index contributed by atoms with van der Waals surface area (Å²) in [5, 5.41) is 9.49. The summed E-state index contributed by atoms with van der Waals surface area (Å²) in [7, 11) is 0. The van der Waals surface area contributed by atoms with Gasteiger partial charge in [0.15, 0.2) is 0 Å². The molecule has 112 valence electrons. The van der Waals surface area contributed by atoms with Crippen LogP contribution in [0.4, 0.5) is 4.39 Å². The number of hydrogen-bond acceptors (Lipinski definition) is 3. The van der Waals surface area contributed by atoms with Crippen molar-refractivity contribution in [3.05, 3.63) is 47.8 Å². The average Bonchev–Trinajstić information content (AvgIpc) is 2.99. The summed E-state index contributed by atoms with van der Waals surface area (Å²) in [6, 6.07) is 6.07. The molecule has 2 aromatic rings. The van der Waals surface area contributed by atoms with Gasteiger partial charge in [-0.15, -0.1) is 0 Å². The van der Waals surface area contributed by atoms with E-state index in [0.717, 1.165) is 12.0 Å². The second kappa shape index (κ2) is 6.97. The van der Waals surface area contributed by atoms with Crippen LogP contribution in [0.3, 0.4) is 0 Å². The molecule has 0 unspecified atom stereocenters. The molecule has 0 aliphatic carbocycles. The van der Waals surface area contributed by atoms with Gasteiger partial charge in [-0.3, -0.25) is 9.89 Å². The predicted molar refractivity (Wildman–Crippen MR) is 77.0 cm³/mol. The van der Waals surface area contributed by atoms with E-state index in [-0.39, 0.29) is 23.7 Å². The summed E-state index contributed by atoms with van der Waals surface area (Å²) in [6.45, 7) is 3.92. The van der Waals surface area contributed by atoms with Gasteiger partial charge in [0.1, 0.15) is 18.0 Å². The maximum absolute atomic E-state index is 12.9. The highest BCUT2D eigenvalue weighted by Gasteiger charge is 2.17. The third-order valence-electron chi connectivity index (χ3n) is 3.44. The fourth-order valence-corrected chi connectivity index (χ4v) is 2.19. The molecule has 0 fully saturated rings. The molecule has 0 saturated carbocycles. The number of carbonyl (C=O) groups excluding carboxylic acids is 1. The van der Waals surface area contributed by atoms with Crippen molar-refractivity contribution in [3.63, 3.8) is 0 Å². The number of nitrogens with zero attached hydrogens (tertiary/aromatic N) is 2. The molecular weight excluding hydrogens is 271 g/mol. The molecule has 0 aliphatic rings. The van der Waals surface area contributed by atoms with E-state index in [0.29, 0.717) is 12.2 Å². The highest BCUT2D eigenvalue weighted by atomic mass is 19.1. The molecular formula is C15H19FN4O. The molecule has 0 spiro atoms. The number of benzene rings is 1. The Morgan fingerprint density at radius 1 is 1.38 bits per heavy atom. The van der Waals surface area contributed by atoms with Crippen molar-refractivity contribution < 1.29 is 9.18 Å². The van der Waals surface area contributed by atoms with Crippen LogP contribution in [0.5, 0.6) is 0 Å². The summed E-state index contributed by atoms with van der Waals surface area (Å²) in [5.41, 5.74) is 0.944. The van der Waals surface area contributed by atoms with Crippen molar-refractivity contribution in [2.45, 2.75) is 38.6 Å². The van der Waals surface area contributed by atoms with Gasteiger partial charge in [0, 0.05) is 6.42 Å². The number of aromatic amines is 1. The van der Waals surface area contributed by atoms with E-state index in [4.69, 9.17) is 0 Å². The number of H-pyrrole nitrogens is 1. The van der Waals surface area contributed by atoms with Gasteiger partial charge in [-0.25, -0.2) is 9.37 Å². The van der Waals surface area contributed by atoms with Gasteiger partial charge in [0.25, 0.3) is 0 Å². The number of nitrogens with one attached hydrogen (secondary N) is 2. The minimum absolute atomic E-state index is 0.0258.